The lowest BCUT2D eigenvalue weighted by atomic mass is 10.3. The molecule has 0 aromatic carbocycles. The maximum Gasteiger partial charge on any atom is 0.322 e. The van der Waals surface area contributed by atoms with Gasteiger partial charge in [-0.2, -0.15) is 15.0 Å². The number of aromatic nitrogens is 5. The van der Waals surface area contributed by atoms with E-state index in [1.165, 1.54) is 7.11 Å². The molecule has 19 heavy (non-hydrogen) atoms. The fourth-order valence-corrected chi connectivity index (χ4v) is 1.60. The van der Waals surface area contributed by atoms with Crippen LogP contribution < -0.4 is 15.4 Å². The molecule has 8 nitrogen and oxygen atoms in total. The first-order valence-corrected chi connectivity index (χ1v) is 5.91. The number of anilines is 2. The highest BCUT2D eigenvalue weighted by atomic mass is 16.5. The maximum atomic E-state index is 5.03. The Bertz CT molecular complexity index is 492. The smallest absolute Gasteiger partial charge is 0.322 e. The van der Waals surface area contributed by atoms with E-state index in [9.17, 15) is 0 Å². The molecule has 0 radical (unpaired) electrons. The van der Waals surface area contributed by atoms with Gasteiger partial charge in [-0.05, 0) is 6.92 Å². The van der Waals surface area contributed by atoms with Gasteiger partial charge in [0.1, 0.15) is 0 Å². The maximum absolute atomic E-state index is 5.03. The minimum atomic E-state index is 0.144. The summed E-state index contributed by atoms with van der Waals surface area (Å²) in [6.07, 6.45) is 5.42. The molecular formula is C11H17N7O. The van der Waals surface area contributed by atoms with E-state index in [-0.39, 0.29) is 12.1 Å². The van der Waals surface area contributed by atoms with Gasteiger partial charge >= 0.3 is 6.01 Å². The van der Waals surface area contributed by atoms with Crippen LogP contribution in [-0.2, 0) is 6.54 Å². The van der Waals surface area contributed by atoms with Crippen LogP contribution in [0.15, 0.2) is 18.7 Å². The van der Waals surface area contributed by atoms with Gasteiger partial charge in [0.2, 0.25) is 11.9 Å². The van der Waals surface area contributed by atoms with Gasteiger partial charge in [0.25, 0.3) is 0 Å². The summed E-state index contributed by atoms with van der Waals surface area (Å²) < 4.78 is 7.01. The molecular weight excluding hydrogens is 246 g/mol. The molecule has 0 spiro atoms. The van der Waals surface area contributed by atoms with Crippen molar-refractivity contribution in [2.75, 3.05) is 24.8 Å². The van der Waals surface area contributed by atoms with Gasteiger partial charge in [-0.3, -0.25) is 0 Å². The number of hydrogen-bond donors (Lipinski definition) is 2. The number of methoxy groups -OCH3 is 1. The van der Waals surface area contributed by atoms with Crippen LogP contribution in [0.5, 0.6) is 6.01 Å². The van der Waals surface area contributed by atoms with Crippen molar-refractivity contribution in [1.82, 2.24) is 24.5 Å². The van der Waals surface area contributed by atoms with Crippen molar-refractivity contribution in [3.8, 4) is 6.01 Å². The summed E-state index contributed by atoms with van der Waals surface area (Å²) in [5.74, 6) is 0.938. The van der Waals surface area contributed by atoms with Crippen LogP contribution in [0.25, 0.3) is 0 Å². The summed E-state index contributed by atoms with van der Waals surface area (Å²) >= 11 is 0. The molecule has 2 rings (SSSR count). The molecule has 8 heteroatoms. The van der Waals surface area contributed by atoms with Crippen molar-refractivity contribution in [3.05, 3.63) is 18.7 Å². The Labute approximate surface area is 111 Å². The second-order valence-electron chi connectivity index (χ2n) is 4.02. The van der Waals surface area contributed by atoms with E-state index in [2.05, 4.69) is 30.6 Å². The van der Waals surface area contributed by atoms with Crippen molar-refractivity contribution in [2.45, 2.75) is 19.5 Å². The van der Waals surface area contributed by atoms with Crippen molar-refractivity contribution in [1.29, 1.82) is 0 Å². The van der Waals surface area contributed by atoms with E-state index in [1.807, 2.05) is 17.7 Å². The third kappa shape index (κ3) is 3.54. The van der Waals surface area contributed by atoms with Crippen molar-refractivity contribution in [2.24, 2.45) is 0 Å². The third-order valence-corrected chi connectivity index (χ3v) is 2.44. The summed E-state index contributed by atoms with van der Waals surface area (Å²) in [6.45, 7) is 2.80. The van der Waals surface area contributed by atoms with Crippen molar-refractivity contribution < 1.29 is 4.74 Å². The topological polar surface area (TPSA) is 89.8 Å². The zero-order valence-corrected chi connectivity index (χ0v) is 11.2. The van der Waals surface area contributed by atoms with Crippen LogP contribution in [0.3, 0.4) is 0 Å². The molecule has 0 amide bonds. The molecule has 0 fully saturated rings. The van der Waals surface area contributed by atoms with Gasteiger partial charge in [-0.1, -0.05) is 0 Å². The largest absolute Gasteiger partial charge is 0.467 e. The molecule has 2 N–H and O–H groups in total. The summed E-state index contributed by atoms with van der Waals surface area (Å²) in [4.78, 5) is 16.4. The van der Waals surface area contributed by atoms with E-state index in [0.29, 0.717) is 11.9 Å². The molecule has 0 saturated carbocycles. The Morgan fingerprint density at radius 3 is 2.74 bits per heavy atom. The van der Waals surface area contributed by atoms with Crippen LogP contribution in [0.2, 0.25) is 0 Å². The van der Waals surface area contributed by atoms with Crippen molar-refractivity contribution in [3.63, 3.8) is 0 Å². The molecule has 0 aliphatic carbocycles. The second-order valence-corrected chi connectivity index (χ2v) is 4.02. The van der Waals surface area contributed by atoms with Crippen molar-refractivity contribution >= 4 is 11.9 Å². The number of nitrogens with zero attached hydrogens (tertiary/aromatic N) is 5. The minimum absolute atomic E-state index is 0.144. The normalized spacial score (nSPS) is 11.9. The standard InChI is InChI=1S/C11H17N7O/c1-8(6-18-5-4-13-7-18)14-10-15-9(12-2)16-11(17-10)19-3/h4-5,7-8H,6H2,1-3H3,(H2,12,14,15,16,17). The molecule has 2 aromatic rings. The average molecular weight is 263 g/mol. The number of imidazole rings is 1. The predicted octanol–water partition coefficient (Wildman–Crippen LogP) is 0.619. The molecule has 0 aliphatic heterocycles. The van der Waals surface area contributed by atoms with E-state index in [1.54, 1.807) is 19.6 Å². The van der Waals surface area contributed by atoms with E-state index >= 15 is 0 Å². The number of hydrogen-bond acceptors (Lipinski definition) is 7. The fourth-order valence-electron chi connectivity index (χ4n) is 1.60. The first-order chi connectivity index (χ1) is 9.21. The minimum Gasteiger partial charge on any atom is -0.467 e. The van der Waals surface area contributed by atoms with Gasteiger partial charge in [0, 0.05) is 32.0 Å². The molecule has 0 aliphatic rings. The Balaban J connectivity index is 2.05. The molecule has 0 bridgehead atoms. The van der Waals surface area contributed by atoms with Crippen LogP contribution in [-0.4, -0.2) is 44.7 Å². The Kier molecular flexibility index (Phi) is 4.11. The lowest BCUT2D eigenvalue weighted by Crippen LogP contribution is -2.23. The highest BCUT2D eigenvalue weighted by molar-refractivity contribution is 5.35. The number of ether oxygens (including phenoxy) is 1. The van der Waals surface area contributed by atoms with Gasteiger partial charge in [0.15, 0.2) is 0 Å². The van der Waals surface area contributed by atoms with Crippen LogP contribution in [0, 0.1) is 0 Å². The molecule has 0 saturated heterocycles. The summed E-state index contributed by atoms with van der Waals surface area (Å²) in [6, 6.07) is 0.419. The van der Waals surface area contributed by atoms with Gasteiger partial charge in [-0.25, -0.2) is 4.98 Å². The van der Waals surface area contributed by atoms with Gasteiger partial charge in [0.05, 0.1) is 13.4 Å². The highest BCUT2D eigenvalue weighted by Crippen LogP contribution is 2.11. The van der Waals surface area contributed by atoms with Crippen LogP contribution >= 0.6 is 0 Å². The van der Waals surface area contributed by atoms with Crippen LogP contribution in [0.4, 0.5) is 11.9 Å². The summed E-state index contributed by atoms with van der Waals surface area (Å²) in [5.41, 5.74) is 0. The Hall–Kier alpha value is -2.38. The van der Waals surface area contributed by atoms with Crippen LogP contribution in [0.1, 0.15) is 6.92 Å². The molecule has 2 heterocycles. The lowest BCUT2D eigenvalue weighted by Gasteiger charge is -2.14. The van der Waals surface area contributed by atoms with Gasteiger partial charge < -0.3 is 19.9 Å². The summed E-state index contributed by atoms with van der Waals surface area (Å²) in [7, 11) is 3.26. The first kappa shape index (κ1) is 13.1. The molecule has 102 valence electrons. The zero-order chi connectivity index (χ0) is 13.7. The summed E-state index contributed by atoms with van der Waals surface area (Å²) in [5, 5.41) is 6.06. The third-order valence-electron chi connectivity index (χ3n) is 2.44. The second kappa shape index (κ2) is 5.98. The first-order valence-electron chi connectivity index (χ1n) is 5.91. The SMILES string of the molecule is CNc1nc(NC(C)Cn2ccnc2)nc(OC)n1. The van der Waals surface area contributed by atoms with E-state index in [4.69, 9.17) is 4.74 Å². The highest BCUT2D eigenvalue weighted by Gasteiger charge is 2.09. The molecule has 1 unspecified atom stereocenters. The zero-order valence-electron chi connectivity index (χ0n) is 11.2. The van der Waals surface area contributed by atoms with E-state index in [0.717, 1.165) is 6.54 Å². The Morgan fingerprint density at radius 1 is 1.32 bits per heavy atom. The molecule has 1 atom stereocenters. The van der Waals surface area contributed by atoms with E-state index < -0.39 is 0 Å². The fraction of sp³-hybridized carbons (Fsp3) is 0.455. The monoisotopic (exact) mass is 263 g/mol. The Morgan fingerprint density at radius 2 is 2.11 bits per heavy atom. The number of rotatable bonds is 6. The molecule has 2 aromatic heterocycles. The lowest BCUT2D eigenvalue weighted by molar-refractivity contribution is 0.379. The average Bonchev–Trinajstić information content (AvgIpc) is 2.90. The predicted molar refractivity (Wildman–Crippen MR) is 71.2 cm³/mol. The van der Waals surface area contributed by atoms with Gasteiger partial charge in [-0.15, -0.1) is 0 Å². The quantitative estimate of drug-likeness (QED) is 0.789. The number of nitrogens with one attached hydrogen (secondary N) is 2.